The Morgan fingerprint density at radius 2 is 2.00 bits per heavy atom. The molecule has 124 valence electrons. The Labute approximate surface area is 155 Å². The van der Waals surface area contributed by atoms with Gasteiger partial charge in [0.15, 0.2) is 4.96 Å². The predicted octanol–water partition coefficient (Wildman–Crippen LogP) is 4.23. The molecule has 2 aromatic carbocycles. The van der Waals surface area contributed by atoms with Gasteiger partial charge in [0.1, 0.15) is 4.88 Å². The summed E-state index contributed by atoms with van der Waals surface area (Å²) < 4.78 is 2.50. The van der Waals surface area contributed by atoms with E-state index in [0.29, 0.717) is 15.5 Å². The monoisotopic (exact) mass is 413 g/mol. The van der Waals surface area contributed by atoms with Crippen LogP contribution in [0.15, 0.2) is 57.8 Å². The van der Waals surface area contributed by atoms with Crippen molar-refractivity contribution in [3.05, 3.63) is 73.8 Å². The molecule has 0 radical (unpaired) electrons. The third-order valence-corrected chi connectivity index (χ3v) is 5.72. The lowest BCUT2D eigenvalue weighted by molar-refractivity contribution is 0.103. The van der Waals surface area contributed by atoms with Gasteiger partial charge >= 0.3 is 0 Å². The van der Waals surface area contributed by atoms with Gasteiger partial charge in [0.05, 0.1) is 11.0 Å². The Balaban J connectivity index is 1.75. The van der Waals surface area contributed by atoms with Crippen molar-refractivity contribution >= 4 is 54.9 Å². The van der Waals surface area contributed by atoms with Gasteiger partial charge in [0.2, 0.25) is 0 Å². The van der Waals surface area contributed by atoms with Crippen LogP contribution in [0.2, 0.25) is 0 Å². The van der Waals surface area contributed by atoms with E-state index >= 15 is 0 Å². The SMILES string of the molecule is Cc1cc(NC(=O)c2cc(=O)n3c(nc4ccccc43)s2)ccc1Br. The van der Waals surface area contributed by atoms with Gasteiger partial charge in [-0.25, -0.2) is 4.98 Å². The summed E-state index contributed by atoms with van der Waals surface area (Å²) in [6.45, 7) is 1.94. The zero-order valence-corrected chi connectivity index (χ0v) is 15.5. The highest BCUT2D eigenvalue weighted by molar-refractivity contribution is 9.10. The van der Waals surface area contributed by atoms with Crippen molar-refractivity contribution in [1.82, 2.24) is 9.38 Å². The van der Waals surface area contributed by atoms with Crippen LogP contribution in [0, 0.1) is 6.92 Å². The number of aromatic nitrogens is 2. The van der Waals surface area contributed by atoms with E-state index in [2.05, 4.69) is 26.2 Å². The highest BCUT2D eigenvalue weighted by Crippen LogP contribution is 2.22. The molecule has 2 heterocycles. The second-order valence-corrected chi connectivity index (χ2v) is 7.45. The highest BCUT2D eigenvalue weighted by atomic mass is 79.9. The zero-order valence-electron chi connectivity index (χ0n) is 13.1. The van der Waals surface area contributed by atoms with E-state index in [9.17, 15) is 9.59 Å². The number of fused-ring (bicyclic) bond motifs is 3. The van der Waals surface area contributed by atoms with Gasteiger partial charge in [-0.05, 0) is 42.8 Å². The number of nitrogens with zero attached hydrogens (tertiary/aromatic N) is 2. The number of para-hydroxylation sites is 2. The molecule has 7 heteroatoms. The molecule has 1 amide bonds. The van der Waals surface area contributed by atoms with Crippen molar-refractivity contribution < 1.29 is 4.79 Å². The first-order valence-corrected chi connectivity index (χ1v) is 9.13. The topological polar surface area (TPSA) is 63.5 Å². The molecule has 4 aromatic rings. The van der Waals surface area contributed by atoms with Crippen LogP contribution in [-0.2, 0) is 0 Å². The number of nitrogens with one attached hydrogen (secondary N) is 1. The fourth-order valence-corrected chi connectivity index (χ4v) is 3.79. The quantitative estimate of drug-likeness (QED) is 0.534. The summed E-state index contributed by atoms with van der Waals surface area (Å²) in [7, 11) is 0. The molecule has 1 N–H and O–H groups in total. The molecule has 5 nitrogen and oxygen atoms in total. The van der Waals surface area contributed by atoms with Crippen molar-refractivity contribution in [2.75, 3.05) is 5.32 Å². The number of carbonyl (C=O) groups is 1. The number of hydrogen-bond acceptors (Lipinski definition) is 4. The fourth-order valence-electron chi connectivity index (χ4n) is 2.62. The van der Waals surface area contributed by atoms with Gasteiger partial charge in [-0.1, -0.05) is 39.4 Å². The summed E-state index contributed by atoms with van der Waals surface area (Å²) >= 11 is 4.62. The van der Waals surface area contributed by atoms with Gasteiger partial charge in [0, 0.05) is 16.2 Å². The maximum atomic E-state index is 12.5. The second-order valence-electron chi connectivity index (χ2n) is 5.59. The molecule has 0 atom stereocenters. The first-order chi connectivity index (χ1) is 12.0. The molecule has 0 aliphatic carbocycles. The first kappa shape index (κ1) is 16.0. The molecule has 0 saturated carbocycles. The van der Waals surface area contributed by atoms with Gasteiger partial charge in [-0.3, -0.25) is 14.0 Å². The summed E-state index contributed by atoms with van der Waals surface area (Å²) in [4.78, 5) is 30.3. The summed E-state index contributed by atoms with van der Waals surface area (Å²) in [6, 6.07) is 14.3. The van der Waals surface area contributed by atoms with Crippen LogP contribution < -0.4 is 10.9 Å². The maximum Gasteiger partial charge on any atom is 0.266 e. The lowest BCUT2D eigenvalue weighted by atomic mass is 10.2. The Morgan fingerprint density at radius 1 is 1.20 bits per heavy atom. The van der Waals surface area contributed by atoms with Crippen LogP contribution in [0.3, 0.4) is 0 Å². The van der Waals surface area contributed by atoms with E-state index in [1.165, 1.54) is 21.8 Å². The fraction of sp³-hybridized carbons (Fsp3) is 0.0556. The van der Waals surface area contributed by atoms with Crippen LogP contribution in [0.25, 0.3) is 16.0 Å². The van der Waals surface area contributed by atoms with Crippen LogP contribution in [0.4, 0.5) is 5.69 Å². The number of benzene rings is 2. The lowest BCUT2D eigenvalue weighted by Crippen LogP contribution is -2.17. The van der Waals surface area contributed by atoms with Crippen LogP contribution in [-0.4, -0.2) is 15.3 Å². The third kappa shape index (κ3) is 2.85. The van der Waals surface area contributed by atoms with Gasteiger partial charge in [-0.2, -0.15) is 0 Å². The smallest absolute Gasteiger partial charge is 0.266 e. The number of rotatable bonds is 2. The molecule has 0 fully saturated rings. The number of aryl methyl sites for hydroxylation is 1. The molecule has 0 saturated heterocycles. The normalized spacial score (nSPS) is 11.1. The van der Waals surface area contributed by atoms with Crippen molar-refractivity contribution in [3.8, 4) is 0 Å². The van der Waals surface area contributed by atoms with E-state index in [-0.39, 0.29) is 11.5 Å². The van der Waals surface area contributed by atoms with E-state index in [4.69, 9.17) is 0 Å². The Kier molecular flexibility index (Phi) is 3.89. The minimum Gasteiger partial charge on any atom is -0.321 e. The zero-order chi connectivity index (χ0) is 17.6. The number of amides is 1. The van der Waals surface area contributed by atoms with E-state index in [1.807, 2.05) is 43.3 Å². The van der Waals surface area contributed by atoms with Crippen molar-refractivity contribution in [2.45, 2.75) is 6.92 Å². The van der Waals surface area contributed by atoms with E-state index in [0.717, 1.165) is 21.1 Å². The first-order valence-electron chi connectivity index (χ1n) is 7.52. The van der Waals surface area contributed by atoms with Crippen LogP contribution in [0.1, 0.15) is 15.2 Å². The average Bonchev–Trinajstić information content (AvgIpc) is 2.97. The number of halogens is 1. The molecule has 2 aromatic heterocycles. The summed E-state index contributed by atoms with van der Waals surface area (Å²) in [5, 5.41) is 2.83. The largest absolute Gasteiger partial charge is 0.321 e. The number of hydrogen-bond donors (Lipinski definition) is 1. The summed E-state index contributed by atoms with van der Waals surface area (Å²) in [5.41, 5.74) is 2.91. The molecule has 0 bridgehead atoms. The molecule has 25 heavy (non-hydrogen) atoms. The standard InChI is InChI=1S/C18H12BrN3O2S/c1-10-8-11(6-7-12(10)19)20-17(24)15-9-16(23)22-14-5-3-2-4-13(14)21-18(22)25-15/h2-9H,1H3,(H,20,24). The van der Waals surface area contributed by atoms with Crippen molar-refractivity contribution in [1.29, 1.82) is 0 Å². The van der Waals surface area contributed by atoms with Crippen molar-refractivity contribution in [3.63, 3.8) is 0 Å². The number of carbonyl (C=O) groups excluding carboxylic acids is 1. The summed E-state index contributed by atoms with van der Waals surface area (Å²) in [5.74, 6) is -0.321. The molecular weight excluding hydrogens is 402 g/mol. The molecule has 0 aliphatic rings. The summed E-state index contributed by atoms with van der Waals surface area (Å²) in [6.07, 6.45) is 0. The van der Waals surface area contributed by atoms with Crippen LogP contribution >= 0.6 is 27.3 Å². The van der Waals surface area contributed by atoms with E-state index in [1.54, 1.807) is 6.07 Å². The molecule has 0 spiro atoms. The molecule has 0 unspecified atom stereocenters. The molecule has 0 aliphatic heterocycles. The number of anilines is 1. The molecule has 4 rings (SSSR count). The predicted molar refractivity (Wildman–Crippen MR) is 104 cm³/mol. The van der Waals surface area contributed by atoms with Gasteiger partial charge in [-0.15, -0.1) is 0 Å². The maximum absolute atomic E-state index is 12.5. The highest BCUT2D eigenvalue weighted by Gasteiger charge is 2.14. The minimum atomic E-state index is -0.321. The lowest BCUT2D eigenvalue weighted by Gasteiger charge is -2.07. The van der Waals surface area contributed by atoms with E-state index < -0.39 is 0 Å². The average molecular weight is 414 g/mol. The molecular formula is C18H12BrN3O2S. The minimum absolute atomic E-state index is 0.264. The Hall–Kier alpha value is -2.51. The second kappa shape index (κ2) is 6.09. The van der Waals surface area contributed by atoms with Crippen molar-refractivity contribution in [2.24, 2.45) is 0 Å². The third-order valence-electron chi connectivity index (χ3n) is 3.85. The Bertz CT molecular complexity index is 1200. The van der Waals surface area contributed by atoms with Crippen LogP contribution in [0.5, 0.6) is 0 Å². The van der Waals surface area contributed by atoms with Gasteiger partial charge in [0.25, 0.3) is 11.5 Å². The number of imidazole rings is 1. The van der Waals surface area contributed by atoms with Gasteiger partial charge < -0.3 is 5.32 Å². The Morgan fingerprint density at radius 3 is 2.80 bits per heavy atom.